The first-order chi connectivity index (χ1) is 14.7. The number of fused-ring (bicyclic) bond motifs is 1. The second kappa shape index (κ2) is 11.1. The molecule has 0 aliphatic carbocycles. The van der Waals surface area contributed by atoms with Crippen LogP contribution in [-0.2, 0) is 20.2 Å². The van der Waals surface area contributed by atoms with Gasteiger partial charge in [-0.15, -0.1) is 17.5 Å². The van der Waals surface area contributed by atoms with Crippen LogP contribution in [0.15, 0.2) is 65.8 Å². The summed E-state index contributed by atoms with van der Waals surface area (Å²) >= 11 is 1.64. The standard InChI is InChI=1S/C23H25N5OS.ClH/c1-17-7-9-18(10-8-17)16-29-22-12-11-19-5-3-4-6-20(19)21(22)15-24-13-14-30-23-25-26-27-28(23)2;/h3-12,24H,13-16H2,1-2H3;1H. The van der Waals surface area contributed by atoms with Gasteiger partial charge in [-0.3, -0.25) is 0 Å². The summed E-state index contributed by atoms with van der Waals surface area (Å²) in [5.41, 5.74) is 3.61. The Hall–Kier alpha value is -2.61. The van der Waals surface area contributed by atoms with Gasteiger partial charge < -0.3 is 10.1 Å². The van der Waals surface area contributed by atoms with Crippen molar-refractivity contribution in [3.63, 3.8) is 0 Å². The van der Waals surface area contributed by atoms with E-state index in [9.17, 15) is 0 Å². The first kappa shape index (κ1) is 23.1. The van der Waals surface area contributed by atoms with E-state index in [1.807, 2.05) is 7.05 Å². The highest BCUT2D eigenvalue weighted by Crippen LogP contribution is 2.29. The van der Waals surface area contributed by atoms with Crippen LogP contribution in [0.3, 0.4) is 0 Å². The van der Waals surface area contributed by atoms with Crippen molar-refractivity contribution in [2.45, 2.75) is 25.2 Å². The van der Waals surface area contributed by atoms with E-state index in [1.54, 1.807) is 16.4 Å². The van der Waals surface area contributed by atoms with Gasteiger partial charge in [0.15, 0.2) is 0 Å². The Morgan fingerprint density at radius 3 is 2.61 bits per heavy atom. The molecule has 162 valence electrons. The fourth-order valence-electron chi connectivity index (χ4n) is 3.25. The second-order valence-corrected chi connectivity index (χ2v) is 8.21. The van der Waals surface area contributed by atoms with Crippen LogP contribution in [0.1, 0.15) is 16.7 Å². The monoisotopic (exact) mass is 455 g/mol. The average molecular weight is 456 g/mol. The van der Waals surface area contributed by atoms with Gasteiger partial charge in [0.1, 0.15) is 12.4 Å². The minimum Gasteiger partial charge on any atom is -0.489 e. The first-order valence-electron chi connectivity index (χ1n) is 9.95. The fourth-order valence-corrected chi connectivity index (χ4v) is 4.00. The number of hydrogen-bond donors (Lipinski definition) is 1. The number of hydrogen-bond acceptors (Lipinski definition) is 6. The Morgan fingerprint density at radius 1 is 1.03 bits per heavy atom. The van der Waals surface area contributed by atoms with Crippen LogP contribution in [-0.4, -0.2) is 32.5 Å². The summed E-state index contributed by atoms with van der Waals surface area (Å²) in [5, 5.41) is 18.3. The molecule has 0 amide bonds. The minimum absolute atomic E-state index is 0. The Bertz CT molecular complexity index is 1120. The molecule has 0 aliphatic heterocycles. The van der Waals surface area contributed by atoms with Crippen molar-refractivity contribution in [3.05, 3.63) is 77.4 Å². The van der Waals surface area contributed by atoms with Gasteiger partial charge in [-0.05, 0) is 39.8 Å². The van der Waals surface area contributed by atoms with Crippen LogP contribution in [0.2, 0.25) is 0 Å². The van der Waals surface area contributed by atoms with Crippen LogP contribution >= 0.6 is 24.2 Å². The highest BCUT2D eigenvalue weighted by atomic mass is 35.5. The molecule has 31 heavy (non-hydrogen) atoms. The van der Waals surface area contributed by atoms with E-state index in [-0.39, 0.29) is 12.4 Å². The number of nitrogens with one attached hydrogen (secondary N) is 1. The normalized spacial score (nSPS) is 10.8. The molecule has 1 heterocycles. The lowest BCUT2D eigenvalue weighted by molar-refractivity contribution is 0.303. The van der Waals surface area contributed by atoms with Crippen LogP contribution in [0.5, 0.6) is 5.75 Å². The molecule has 0 radical (unpaired) electrons. The molecule has 0 unspecified atom stereocenters. The summed E-state index contributed by atoms with van der Waals surface area (Å²) in [6.07, 6.45) is 0. The van der Waals surface area contributed by atoms with Crippen LogP contribution in [0.25, 0.3) is 10.8 Å². The van der Waals surface area contributed by atoms with Crippen LogP contribution in [0.4, 0.5) is 0 Å². The third-order valence-corrected chi connectivity index (χ3v) is 5.92. The van der Waals surface area contributed by atoms with Gasteiger partial charge >= 0.3 is 0 Å². The van der Waals surface area contributed by atoms with Crippen molar-refractivity contribution in [2.24, 2.45) is 7.05 Å². The van der Waals surface area contributed by atoms with Gasteiger partial charge in [0, 0.05) is 31.5 Å². The van der Waals surface area contributed by atoms with Crippen molar-refractivity contribution in [2.75, 3.05) is 12.3 Å². The molecular formula is C23H26ClN5OS. The third kappa shape index (κ3) is 5.97. The smallest absolute Gasteiger partial charge is 0.209 e. The number of aryl methyl sites for hydroxylation is 2. The molecule has 0 atom stereocenters. The molecule has 6 nitrogen and oxygen atoms in total. The topological polar surface area (TPSA) is 64.9 Å². The van der Waals surface area contributed by atoms with Crippen LogP contribution < -0.4 is 10.1 Å². The predicted molar refractivity (Wildman–Crippen MR) is 128 cm³/mol. The Balaban J connectivity index is 0.00000272. The molecule has 0 saturated heterocycles. The van der Waals surface area contributed by atoms with Crippen molar-refractivity contribution in [1.82, 2.24) is 25.5 Å². The van der Waals surface area contributed by atoms with Gasteiger partial charge in [0.05, 0.1) is 0 Å². The summed E-state index contributed by atoms with van der Waals surface area (Å²) in [7, 11) is 1.85. The average Bonchev–Trinajstić information content (AvgIpc) is 3.18. The molecule has 0 saturated carbocycles. The maximum Gasteiger partial charge on any atom is 0.209 e. The maximum atomic E-state index is 6.23. The Morgan fingerprint density at radius 2 is 1.84 bits per heavy atom. The molecule has 4 rings (SSSR count). The van der Waals surface area contributed by atoms with Crippen molar-refractivity contribution in [3.8, 4) is 5.75 Å². The molecule has 8 heteroatoms. The van der Waals surface area contributed by atoms with E-state index in [2.05, 4.69) is 88.4 Å². The highest BCUT2D eigenvalue weighted by molar-refractivity contribution is 7.99. The molecular weight excluding hydrogens is 430 g/mol. The summed E-state index contributed by atoms with van der Waals surface area (Å²) in [5.74, 6) is 1.81. The zero-order valence-electron chi connectivity index (χ0n) is 17.6. The zero-order chi connectivity index (χ0) is 20.8. The third-order valence-electron chi connectivity index (χ3n) is 4.91. The number of tetrazole rings is 1. The molecule has 0 aliphatic rings. The SMILES string of the molecule is Cc1ccc(COc2ccc3ccccc3c2CNCCSc2nnnn2C)cc1.Cl. The fraction of sp³-hybridized carbons (Fsp3) is 0.261. The van der Waals surface area contributed by atoms with Gasteiger partial charge in [-0.1, -0.05) is 71.9 Å². The summed E-state index contributed by atoms with van der Waals surface area (Å²) in [4.78, 5) is 0. The number of aromatic nitrogens is 4. The number of nitrogens with zero attached hydrogens (tertiary/aromatic N) is 4. The van der Waals surface area contributed by atoms with Gasteiger partial charge in [-0.2, -0.15) is 0 Å². The van der Waals surface area contributed by atoms with E-state index in [4.69, 9.17) is 4.74 Å². The minimum atomic E-state index is 0. The van der Waals surface area contributed by atoms with Crippen LogP contribution in [0, 0.1) is 6.92 Å². The maximum absolute atomic E-state index is 6.23. The number of halogens is 1. The Labute approximate surface area is 192 Å². The molecule has 3 aromatic carbocycles. The van der Waals surface area contributed by atoms with Gasteiger partial charge in [-0.25, -0.2) is 4.68 Å². The summed E-state index contributed by atoms with van der Waals surface area (Å²) < 4.78 is 7.91. The molecule has 4 aromatic rings. The van der Waals surface area contributed by atoms with E-state index >= 15 is 0 Å². The largest absolute Gasteiger partial charge is 0.489 e. The lowest BCUT2D eigenvalue weighted by atomic mass is 10.0. The number of thioether (sulfide) groups is 1. The molecule has 1 aromatic heterocycles. The van der Waals surface area contributed by atoms with E-state index in [0.717, 1.165) is 29.7 Å². The lowest BCUT2D eigenvalue weighted by Crippen LogP contribution is -2.17. The summed E-state index contributed by atoms with van der Waals surface area (Å²) in [6.45, 7) is 4.23. The van der Waals surface area contributed by atoms with Crippen molar-refractivity contribution >= 4 is 34.9 Å². The van der Waals surface area contributed by atoms with E-state index < -0.39 is 0 Å². The lowest BCUT2D eigenvalue weighted by Gasteiger charge is -2.15. The Kier molecular flexibility index (Phi) is 8.28. The van der Waals surface area contributed by atoms with Crippen molar-refractivity contribution < 1.29 is 4.74 Å². The molecule has 0 fully saturated rings. The molecule has 0 spiro atoms. The molecule has 1 N–H and O–H groups in total. The summed E-state index contributed by atoms with van der Waals surface area (Å²) in [6, 6.07) is 21.1. The van der Waals surface area contributed by atoms with Gasteiger partial charge in [0.2, 0.25) is 5.16 Å². The van der Waals surface area contributed by atoms with E-state index in [1.165, 1.54) is 27.5 Å². The second-order valence-electron chi connectivity index (χ2n) is 7.15. The van der Waals surface area contributed by atoms with E-state index in [0.29, 0.717) is 6.61 Å². The van der Waals surface area contributed by atoms with Gasteiger partial charge in [0.25, 0.3) is 0 Å². The number of benzene rings is 3. The highest BCUT2D eigenvalue weighted by Gasteiger charge is 2.10. The van der Waals surface area contributed by atoms with Crippen molar-refractivity contribution in [1.29, 1.82) is 0 Å². The predicted octanol–water partition coefficient (Wildman–Crippen LogP) is 4.55. The quantitative estimate of drug-likeness (QED) is 0.295. The molecule has 0 bridgehead atoms. The first-order valence-corrected chi connectivity index (χ1v) is 10.9. The zero-order valence-corrected chi connectivity index (χ0v) is 19.2. The number of ether oxygens (including phenoxy) is 1. The number of rotatable bonds is 9.